The molecule has 0 heterocycles. The molecule has 0 radical (unpaired) electrons. The Kier molecular flexibility index (Phi) is 4.16. The van der Waals surface area contributed by atoms with E-state index in [1.165, 1.54) is 0 Å². The second kappa shape index (κ2) is 5.21. The summed E-state index contributed by atoms with van der Waals surface area (Å²) in [6, 6.07) is 7.82. The Morgan fingerprint density at radius 3 is 2.53 bits per heavy atom. The van der Waals surface area contributed by atoms with Gasteiger partial charge < -0.3 is 10.5 Å². The fraction of sp³-hybridized carbons (Fsp3) is 0.500. The zero-order chi connectivity index (χ0) is 13.1. The molecule has 1 aromatic carbocycles. The van der Waals surface area contributed by atoms with Crippen molar-refractivity contribution in [2.45, 2.75) is 33.1 Å². The zero-order valence-corrected chi connectivity index (χ0v) is 11.0. The summed E-state index contributed by atoms with van der Waals surface area (Å²) in [6.45, 7) is 6.33. The van der Waals surface area contributed by atoms with E-state index in [-0.39, 0.29) is 17.2 Å². The standard InChI is InChI=1S/C14H21NO2/c1-14(2,3)12(9-13(15)16)10-6-5-7-11(8-10)17-4/h5-8,12H,9H2,1-4H3,(H2,15,16). The highest BCUT2D eigenvalue weighted by molar-refractivity contribution is 5.75. The van der Waals surface area contributed by atoms with Gasteiger partial charge in [0, 0.05) is 6.42 Å². The van der Waals surface area contributed by atoms with Crippen LogP contribution in [0.1, 0.15) is 38.7 Å². The quantitative estimate of drug-likeness (QED) is 0.872. The van der Waals surface area contributed by atoms with Crippen molar-refractivity contribution in [3.8, 4) is 5.75 Å². The minimum Gasteiger partial charge on any atom is -0.497 e. The van der Waals surface area contributed by atoms with Gasteiger partial charge in [-0.2, -0.15) is 0 Å². The number of ether oxygens (including phenoxy) is 1. The number of carbonyl (C=O) groups excluding carboxylic acids is 1. The Labute approximate surface area is 103 Å². The molecule has 0 spiro atoms. The van der Waals surface area contributed by atoms with Crippen molar-refractivity contribution in [2.24, 2.45) is 11.1 Å². The second-order valence-corrected chi connectivity index (χ2v) is 5.37. The minimum absolute atomic E-state index is 0.0125. The number of rotatable bonds is 4. The molecule has 3 nitrogen and oxygen atoms in total. The van der Waals surface area contributed by atoms with E-state index in [9.17, 15) is 4.79 Å². The number of carbonyl (C=O) groups is 1. The molecule has 0 aliphatic carbocycles. The first-order chi connectivity index (χ1) is 7.84. The monoisotopic (exact) mass is 235 g/mol. The summed E-state index contributed by atoms with van der Waals surface area (Å²) >= 11 is 0. The summed E-state index contributed by atoms with van der Waals surface area (Å²) in [6.07, 6.45) is 0.358. The lowest BCUT2D eigenvalue weighted by atomic mass is 9.74. The lowest BCUT2D eigenvalue weighted by Crippen LogP contribution is -2.24. The Morgan fingerprint density at radius 1 is 1.41 bits per heavy atom. The summed E-state index contributed by atoms with van der Waals surface area (Å²) in [5.41, 5.74) is 6.41. The van der Waals surface area contributed by atoms with E-state index in [2.05, 4.69) is 20.8 Å². The molecule has 0 saturated heterocycles. The lowest BCUT2D eigenvalue weighted by molar-refractivity contribution is -0.118. The molecule has 0 bridgehead atoms. The minimum atomic E-state index is -0.271. The van der Waals surface area contributed by atoms with Gasteiger partial charge in [-0.05, 0) is 29.0 Å². The lowest BCUT2D eigenvalue weighted by Gasteiger charge is -2.30. The van der Waals surface area contributed by atoms with E-state index in [0.717, 1.165) is 11.3 Å². The molecule has 0 aliphatic rings. The van der Waals surface area contributed by atoms with Gasteiger partial charge in [0.05, 0.1) is 7.11 Å². The third-order valence-electron chi connectivity index (χ3n) is 2.95. The number of hydrogen-bond donors (Lipinski definition) is 1. The van der Waals surface area contributed by atoms with Crippen LogP contribution in [0.2, 0.25) is 0 Å². The molecule has 0 aromatic heterocycles. The Bertz CT molecular complexity index is 393. The molecule has 1 aromatic rings. The molecule has 1 amide bonds. The molecule has 1 rings (SSSR count). The normalized spacial score (nSPS) is 13.2. The zero-order valence-electron chi connectivity index (χ0n) is 11.0. The molecule has 0 saturated carbocycles. The maximum Gasteiger partial charge on any atom is 0.218 e. The van der Waals surface area contributed by atoms with E-state index in [0.29, 0.717) is 6.42 Å². The number of primary amides is 1. The van der Waals surface area contributed by atoms with Crippen LogP contribution in [0.25, 0.3) is 0 Å². The molecule has 0 aliphatic heterocycles. The van der Waals surface area contributed by atoms with Crippen LogP contribution >= 0.6 is 0 Å². The predicted molar refractivity (Wildman–Crippen MR) is 69.0 cm³/mol. The molecular weight excluding hydrogens is 214 g/mol. The molecule has 94 valence electrons. The van der Waals surface area contributed by atoms with Crippen LogP contribution < -0.4 is 10.5 Å². The van der Waals surface area contributed by atoms with Gasteiger partial charge in [-0.3, -0.25) is 4.79 Å². The summed E-state index contributed by atoms with van der Waals surface area (Å²) < 4.78 is 5.21. The first-order valence-electron chi connectivity index (χ1n) is 5.77. The average molecular weight is 235 g/mol. The van der Waals surface area contributed by atoms with E-state index in [1.807, 2.05) is 24.3 Å². The first-order valence-corrected chi connectivity index (χ1v) is 5.77. The highest BCUT2D eigenvalue weighted by atomic mass is 16.5. The highest BCUT2D eigenvalue weighted by Crippen LogP contribution is 2.38. The Balaban J connectivity index is 3.08. The predicted octanol–water partition coefficient (Wildman–Crippen LogP) is 2.70. The van der Waals surface area contributed by atoms with E-state index in [4.69, 9.17) is 10.5 Å². The van der Waals surface area contributed by atoms with Crippen LogP contribution in [0.15, 0.2) is 24.3 Å². The molecule has 3 heteroatoms. The van der Waals surface area contributed by atoms with Crippen molar-refractivity contribution < 1.29 is 9.53 Å². The summed E-state index contributed by atoms with van der Waals surface area (Å²) in [4.78, 5) is 11.2. The van der Waals surface area contributed by atoms with Crippen LogP contribution in [0.4, 0.5) is 0 Å². The third kappa shape index (κ3) is 3.77. The van der Waals surface area contributed by atoms with Crippen LogP contribution in [0, 0.1) is 5.41 Å². The second-order valence-electron chi connectivity index (χ2n) is 5.37. The van der Waals surface area contributed by atoms with Gasteiger partial charge in [0.25, 0.3) is 0 Å². The maximum atomic E-state index is 11.2. The van der Waals surface area contributed by atoms with Gasteiger partial charge in [0.1, 0.15) is 5.75 Å². The van der Waals surface area contributed by atoms with Crippen molar-refractivity contribution in [2.75, 3.05) is 7.11 Å². The molecule has 17 heavy (non-hydrogen) atoms. The van der Waals surface area contributed by atoms with Crippen molar-refractivity contribution in [1.29, 1.82) is 0 Å². The number of nitrogens with two attached hydrogens (primary N) is 1. The van der Waals surface area contributed by atoms with Gasteiger partial charge in [-0.25, -0.2) is 0 Å². The molecule has 1 atom stereocenters. The summed E-state index contributed by atoms with van der Waals surface area (Å²) in [7, 11) is 1.64. The third-order valence-corrected chi connectivity index (χ3v) is 2.95. The van der Waals surface area contributed by atoms with E-state index < -0.39 is 0 Å². The van der Waals surface area contributed by atoms with Crippen LogP contribution in [-0.2, 0) is 4.79 Å². The van der Waals surface area contributed by atoms with E-state index >= 15 is 0 Å². The fourth-order valence-electron chi connectivity index (χ4n) is 1.98. The largest absolute Gasteiger partial charge is 0.497 e. The Hall–Kier alpha value is -1.51. The fourth-order valence-corrected chi connectivity index (χ4v) is 1.98. The van der Waals surface area contributed by atoms with Gasteiger partial charge in [0.2, 0.25) is 5.91 Å². The van der Waals surface area contributed by atoms with Crippen LogP contribution in [-0.4, -0.2) is 13.0 Å². The van der Waals surface area contributed by atoms with Crippen molar-refractivity contribution in [3.05, 3.63) is 29.8 Å². The average Bonchev–Trinajstić information content (AvgIpc) is 2.24. The molecular formula is C14H21NO2. The molecule has 2 N–H and O–H groups in total. The topological polar surface area (TPSA) is 52.3 Å². The SMILES string of the molecule is COc1cccc(C(CC(N)=O)C(C)(C)C)c1. The first kappa shape index (κ1) is 13.6. The number of hydrogen-bond acceptors (Lipinski definition) is 2. The van der Waals surface area contributed by atoms with Crippen molar-refractivity contribution in [1.82, 2.24) is 0 Å². The van der Waals surface area contributed by atoms with Gasteiger partial charge >= 0.3 is 0 Å². The highest BCUT2D eigenvalue weighted by Gasteiger charge is 2.27. The van der Waals surface area contributed by atoms with Gasteiger partial charge in [0.15, 0.2) is 0 Å². The van der Waals surface area contributed by atoms with Crippen LogP contribution in [0.5, 0.6) is 5.75 Å². The molecule has 0 fully saturated rings. The number of amides is 1. The number of benzene rings is 1. The summed E-state index contributed by atoms with van der Waals surface area (Å²) in [5.74, 6) is 0.643. The molecule has 1 unspecified atom stereocenters. The van der Waals surface area contributed by atoms with Crippen molar-refractivity contribution in [3.63, 3.8) is 0 Å². The smallest absolute Gasteiger partial charge is 0.218 e. The van der Waals surface area contributed by atoms with Crippen molar-refractivity contribution >= 4 is 5.91 Å². The van der Waals surface area contributed by atoms with Gasteiger partial charge in [-0.1, -0.05) is 32.9 Å². The number of methoxy groups -OCH3 is 1. The Morgan fingerprint density at radius 2 is 2.06 bits per heavy atom. The van der Waals surface area contributed by atoms with Crippen LogP contribution in [0.3, 0.4) is 0 Å². The maximum absolute atomic E-state index is 11.2. The summed E-state index contributed by atoms with van der Waals surface area (Å²) in [5, 5.41) is 0. The van der Waals surface area contributed by atoms with E-state index in [1.54, 1.807) is 7.11 Å². The van der Waals surface area contributed by atoms with Gasteiger partial charge in [-0.15, -0.1) is 0 Å².